The summed E-state index contributed by atoms with van der Waals surface area (Å²) in [5.41, 5.74) is 2.56. The fraction of sp³-hybridized carbons (Fsp3) is 0.304. The van der Waals surface area contributed by atoms with Crippen LogP contribution in [-0.2, 0) is 6.54 Å². The van der Waals surface area contributed by atoms with Crippen LogP contribution in [0.25, 0.3) is 10.8 Å². The van der Waals surface area contributed by atoms with Crippen molar-refractivity contribution in [1.82, 2.24) is 10.6 Å². The topological polar surface area (TPSA) is 33.3 Å². The number of para-hydroxylation sites is 1. The van der Waals surface area contributed by atoms with Gasteiger partial charge in [-0.05, 0) is 36.2 Å². The molecule has 0 unspecified atom stereocenters. The van der Waals surface area contributed by atoms with Gasteiger partial charge >= 0.3 is 0 Å². The van der Waals surface area contributed by atoms with Crippen molar-refractivity contribution in [3.05, 3.63) is 77.9 Å². The molecule has 0 saturated carbocycles. The van der Waals surface area contributed by atoms with Gasteiger partial charge in [0.1, 0.15) is 5.75 Å². The largest absolute Gasteiger partial charge is 0.494 e. The Morgan fingerprint density at radius 1 is 0.885 bits per heavy atom. The van der Waals surface area contributed by atoms with Crippen LogP contribution in [0.15, 0.2) is 66.7 Å². The van der Waals surface area contributed by atoms with Crippen molar-refractivity contribution in [2.45, 2.75) is 26.4 Å². The Kier molecular flexibility index (Phi) is 6.64. The molecule has 0 heterocycles. The van der Waals surface area contributed by atoms with Gasteiger partial charge in [-0.3, -0.25) is 0 Å². The van der Waals surface area contributed by atoms with Gasteiger partial charge in [0.05, 0.1) is 6.61 Å². The predicted molar refractivity (Wildman–Crippen MR) is 110 cm³/mol. The van der Waals surface area contributed by atoms with Gasteiger partial charge in [-0.25, -0.2) is 0 Å². The maximum absolute atomic E-state index is 5.68. The monoisotopic (exact) mass is 348 g/mol. The summed E-state index contributed by atoms with van der Waals surface area (Å²) in [5.74, 6) is 0.972. The molecule has 3 aromatic carbocycles. The Labute approximate surface area is 156 Å². The first-order chi connectivity index (χ1) is 12.8. The second kappa shape index (κ2) is 9.37. The minimum atomic E-state index is 0.318. The van der Waals surface area contributed by atoms with E-state index in [1.807, 2.05) is 19.1 Å². The smallest absolute Gasteiger partial charge is 0.123 e. The predicted octanol–water partition coefficient (Wildman–Crippen LogP) is 4.68. The minimum absolute atomic E-state index is 0.318. The molecule has 1 atom stereocenters. The molecule has 0 radical (unpaired) electrons. The van der Waals surface area contributed by atoms with Crippen molar-refractivity contribution >= 4 is 10.8 Å². The van der Waals surface area contributed by atoms with Crippen molar-refractivity contribution in [1.29, 1.82) is 0 Å². The molecule has 3 aromatic rings. The lowest BCUT2D eigenvalue weighted by molar-refractivity contribution is 0.335. The zero-order valence-corrected chi connectivity index (χ0v) is 15.7. The third kappa shape index (κ3) is 4.63. The van der Waals surface area contributed by atoms with E-state index < -0.39 is 0 Å². The van der Waals surface area contributed by atoms with E-state index in [9.17, 15) is 0 Å². The highest BCUT2D eigenvalue weighted by Crippen LogP contribution is 2.23. The van der Waals surface area contributed by atoms with Crippen LogP contribution < -0.4 is 15.4 Å². The first-order valence-electron chi connectivity index (χ1n) is 9.42. The maximum Gasteiger partial charge on any atom is 0.123 e. The number of hydrogen-bond donors (Lipinski definition) is 2. The van der Waals surface area contributed by atoms with Crippen LogP contribution in [0.2, 0.25) is 0 Å². The lowest BCUT2D eigenvalue weighted by atomic mass is 10.00. The maximum atomic E-state index is 5.68. The SMILES string of the molecule is CCOc1ccccc1CNCCN[C@@H](C)c1cccc2ccccc12. The molecule has 26 heavy (non-hydrogen) atoms. The third-order valence-electron chi connectivity index (χ3n) is 4.63. The van der Waals surface area contributed by atoms with Gasteiger partial charge in [0.15, 0.2) is 0 Å². The Bertz CT molecular complexity index is 826. The molecular formula is C23H28N2O. The van der Waals surface area contributed by atoms with Crippen LogP contribution in [0.1, 0.15) is 31.0 Å². The first kappa shape index (κ1) is 18.4. The van der Waals surface area contributed by atoms with Crippen molar-refractivity contribution in [2.24, 2.45) is 0 Å². The van der Waals surface area contributed by atoms with Gasteiger partial charge in [0.2, 0.25) is 0 Å². The van der Waals surface area contributed by atoms with E-state index in [0.717, 1.165) is 25.4 Å². The van der Waals surface area contributed by atoms with E-state index in [2.05, 4.69) is 72.2 Å². The number of ether oxygens (including phenoxy) is 1. The molecular weight excluding hydrogens is 320 g/mol. The summed E-state index contributed by atoms with van der Waals surface area (Å²) in [6.45, 7) is 7.59. The van der Waals surface area contributed by atoms with Crippen LogP contribution >= 0.6 is 0 Å². The first-order valence-corrected chi connectivity index (χ1v) is 9.42. The Hall–Kier alpha value is -2.36. The van der Waals surface area contributed by atoms with Crippen LogP contribution in [0.5, 0.6) is 5.75 Å². The average Bonchev–Trinajstić information content (AvgIpc) is 2.68. The molecule has 0 aliphatic heterocycles. The fourth-order valence-electron chi connectivity index (χ4n) is 3.28. The molecule has 0 aliphatic rings. The molecule has 3 rings (SSSR count). The molecule has 0 fully saturated rings. The van der Waals surface area contributed by atoms with Gasteiger partial charge < -0.3 is 15.4 Å². The summed E-state index contributed by atoms with van der Waals surface area (Å²) >= 11 is 0. The molecule has 0 aliphatic carbocycles. The van der Waals surface area contributed by atoms with E-state index in [1.165, 1.54) is 21.9 Å². The number of benzene rings is 3. The quantitative estimate of drug-likeness (QED) is 0.551. The fourth-order valence-corrected chi connectivity index (χ4v) is 3.28. The zero-order chi connectivity index (χ0) is 18.2. The number of rotatable bonds is 9. The summed E-state index contributed by atoms with van der Waals surface area (Å²) in [5, 5.41) is 9.75. The molecule has 136 valence electrons. The standard InChI is InChI=1S/C23H28N2O/c1-3-26-23-14-7-5-10-20(23)17-24-15-16-25-18(2)21-13-8-11-19-9-4-6-12-22(19)21/h4-14,18,24-25H,3,15-17H2,1-2H3/t18-/m0/s1. The summed E-state index contributed by atoms with van der Waals surface area (Å²) in [6.07, 6.45) is 0. The second-order valence-electron chi connectivity index (χ2n) is 6.46. The highest BCUT2D eigenvalue weighted by molar-refractivity contribution is 5.86. The molecule has 0 amide bonds. The van der Waals surface area contributed by atoms with Crippen LogP contribution in [0, 0.1) is 0 Å². The van der Waals surface area contributed by atoms with Crippen molar-refractivity contribution < 1.29 is 4.74 Å². The van der Waals surface area contributed by atoms with Gasteiger partial charge in [-0.15, -0.1) is 0 Å². The summed E-state index contributed by atoms with van der Waals surface area (Å²) in [6, 6.07) is 23.6. The highest BCUT2D eigenvalue weighted by atomic mass is 16.5. The second-order valence-corrected chi connectivity index (χ2v) is 6.46. The van der Waals surface area contributed by atoms with Crippen molar-refractivity contribution in [3.63, 3.8) is 0 Å². The van der Waals surface area contributed by atoms with Gasteiger partial charge in [0, 0.05) is 31.2 Å². The van der Waals surface area contributed by atoms with Gasteiger partial charge in [0.25, 0.3) is 0 Å². The van der Waals surface area contributed by atoms with E-state index in [4.69, 9.17) is 4.74 Å². The normalized spacial score (nSPS) is 12.2. The molecule has 0 bridgehead atoms. The number of fused-ring (bicyclic) bond motifs is 1. The van der Waals surface area contributed by atoms with E-state index in [1.54, 1.807) is 0 Å². The zero-order valence-electron chi connectivity index (χ0n) is 15.7. The van der Waals surface area contributed by atoms with Crippen LogP contribution in [0.3, 0.4) is 0 Å². The third-order valence-corrected chi connectivity index (χ3v) is 4.63. The van der Waals surface area contributed by atoms with E-state index >= 15 is 0 Å². The number of hydrogen-bond acceptors (Lipinski definition) is 3. The summed E-state index contributed by atoms with van der Waals surface area (Å²) in [7, 11) is 0. The number of nitrogens with one attached hydrogen (secondary N) is 2. The molecule has 2 N–H and O–H groups in total. The van der Waals surface area contributed by atoms with E-state index in [0.29, 0.717) is 12.6 Å². The highest BCUT2D eigenvalue weighted by Gasteiger charge is 2.08. The van der Waals surface area contributed by atoms with Crippen molar-refractivity contribution in [3.8, 4) is 5.75 Å². The Morgan fingerprint density at radius 3 is 2.54 bits per heavy atom. The van der Waals surface area contributed by atoms with Crippen LogP contribution in [-0.4, -0.2) is 19.7 Å². The lowest BCUT2D eigenvalue weighted by Crippen LogP contribution is -2.29. The molecule has 0 spiro atoms. The van der Waals surface area contributed by atoms with Gasteiger partial charge in [-0.2, -0.15) is 0 Å². The molecule has 3 heteroatoms. The minimum Gasteiger partial charge on any atom is -0.494 e. The molecule has 3 nitrogen and oxygen atoms in total. The average molecular weight is 348 g/mol. The Morgan fingerprint density at radius 2 is 1.65 bits per heavy atom. The molecule has 0 aromatic heterocycles. The molecule has 0 saturated heterocycles. The van der Waals surface area contributed by atoms with Gasteiger partial charge in [-0.1, -0.05) is 60.7 Å². The lowest BCUT2D eigenvalue weighted by Gasteiger charge is -2.17. The Balaban J connectivity index is 1.49. The van der Waals surface area contributed by atoms with E-state index in [-0.39, 0.29) is 0 Å². The van der Waals surface area contributed by atoms with Crippen molar-refractivity contribution in [2.75, 3.05) is 19.7 Å². The summed E-state index contributed by atoms with van der Waals surface area (Å²) in [4.78, 5) is 0. The van der Waals surface area contributed by atoms with Crippen LogP contribution in [0.4, 0.5) is 0 Å². The summed E-state index contributed by atoms with van der Waals surface area (Å²) < 4.78 is 5.68.